The fraction of sp³-hybridized carbons (Fsp3) is 0.222. The number of rotatable bonds is 5. The first-order chi connectivity index (χ1) is 13.0. The van der Waals surface area contributed by atoms with E-state index in [9.17, 15) is 14.0 Å². The number of carbonyl (C=O) groups excluding carboxylic acids is 2. The Labute approximate surface area is 162 Å². The SMILES string of the molecule is COC(=O)c1ccc(F)c(NCC(=O)Nc2cc3c(cc2Br)OCCO3)c1. The van der Waals surface area contributed by atoms with E-state index in [-0.39, 0.29) is 17.8 Å². The number of amides is 1. The molecule has 0 aliphatic carbocycles. The summed E-state index contributed by atoms with van der Waals surface area (Å²) in [5, 5.41) is 5.37. The number of hydrogen-bond acceptors (Lipinski definition) is 6. The van der Waals surface area contributed by atoms with Gasteiger partial charge in [0, 0.05) is 16.6 Å². The van der Waals surface area contributed by atoms with Gasteiger partial charge in [-0.3, -0.25) is 4.79 Å². The second-order valence-corrected chi connectivity index (χ2v) is 6.42. The van der Waals surface area contributed by atoms with Crippen LogP contribution in [0.3, 0.4) is 0 Å². The van der Waals surface area contributed by atoms with Crippen molar-refractivity contribution in [3.8, 4) is 11.5 Å². The van der Waals surface area contributed by atoms with Crippen molar-refractivity contribution >= 4 is 39.2 Å². The number of fused-ring (bicyclic) bond motifs is 1. The maximum absolute atomic E-state index is 13.9. The number of hydrogen-bond donors (Lipinski definition) is 2. The van der Waals surface area contributed by atoms with E-state index >= 15 is 0 Å². The van der Waals surface area contributed by atoms with Crippen LogP contribution in [0.1, 0.15) is 10.4 Å². The summed E-state index contributed by atoms with van der Waals surface area (Å²) in [6, 6.07) is 7.07. The Kier molecular flexibility index (Phi) is 5.80. The van der Waals surface area contributed by atoms with Crippen molar-refractivity contribution in [1.82, 2.24) is 0 Å². The van der Waals surface area contributed by atoms with Crippen molar-refractivity contribution < 1.29 is 28.2 Å². The molecule has 0 saturated carbocycles. The highest BCUT2D eigenvalue weighted by Crippen LogP contribution is 2.38. The van der Waals surface area contributed by atoms with E-state index in [1.807, 2.05) is 0 Å². The van der Waals surface area contributed by atoms with Crippen LogP contribution in [0.25, 0.3) is 0 Å². The molecule has 1 aliphatic heterocycles. The Bertz CT molecular complexity index is 890. The van der Waals surface area contributed by atoms with Gasteiger partial charge in [-0.1, -0.05) is 0 Å². The van der Waals surface area contributed by atoms with Gasteiger partial charge in [-0.05, 0) is 34.1 Å². The highest BCUT2D eigenvalue weighted by molar-refractivity contribution is 9.10. The van der Waals surface area contributed by atoms with Crippen LogP contribution < -0.4 is 20.1 Å². The number of benzene rings is 2. The van der Waals surface area contributed by atoms with E-state index in [2.05, 4.69) is 31.3 Å². The lowest BCUT2D eigenvalue weighted by Crippen LogP contribution is -2.23. The lowest BCUT2D eigenvalue weighted by molar-refractivity contribution is -0.114. The van der Waals surface area contributed by atoms with E-state index in [0.29, 0.717) is 34.9 Å². The van der Waals surface area contributed by atoms with Crippen LogP contribution in [0.2, 0.25) is 0 Å². The van der Waals surface area contributed by atoms with Crippen molar-refractivity contribution in [2.45, 2.75) is 0 Å². The Morgan fingerprint density at radius 2 is 1.85 bits per heavy atom. The third-order valence-electron chi connectivity index (χ3n) is 3.73. The van der Waals surface area contributed by atoms with Gasteiger partial charge in [0.05, 0.1) is 30.6 Å². The number of anilines is 2. The summed E-state index contributed by atoms with van der Waals surface area (Å²) in [7, 11) is 1.23. The first kappa shape index (κ1) is 19.0. The molecule has 2 aromatic rings. The third kappa shape index (κ3) is 4.48. The molecular weight excluding hydrogens is 423 g/mol. The molecular formula is C18H16BrFN2O5. The van der Waals surface area contributed by atoms with Gasteiger partial charge in [0.1, 0.15) is 19.0 Å². The Morgan fingerprint density at radius 1 is 1.15 bits per heavy atom. The van der Waals surface area contributed by atoms with Gasteiger partial charge in [-0.2, -0.15) is 0 Å². The molecule has 0 radical (unpaired) electrons. The van der Waals surface area contributed by atoms with Crippen molar-refractivity contribution in [2.24, 2.45) is 0 Å². The van der Waals surface area contributed by atoms with Crippen molar-refractivity contribution in [3.63, 3.8) is 0 Å². The minimum Gasteiger partial charge on any atom is -0.486 e. The largest absolute Gasteiger partial charge is 0.486 e. The summed E-state index contributed by atoms with van der Waals surface area (Å²) in [5.74, 6) is -0.468. The molecule has 0 saturated heterocycles. The number of carbonyl (C=O) groups is 2. The molecule has 0 bridgehead atoms. The zero-order chi connectivity index (χ0) is 19.4. The quantitative estimate of drug-likeness (QED) is 0.697. The van der Waals surface area contributed by atoms with Crippen LogP contribution >= 0.6 is 15.9 Å². The number of methoxy groups -OCH3 is 1. The lowest BCUT2D eigenvalue weighted by Gasteiger charge is -2.20. The Hall–Kier alpha value is -2.81. The predicted molar refractivity (Wildman–Crippen MR) is 100.0 cm³/mol. The van der Waals surface area contributed by atoms with Gasteiger partial charge in [0.15, 0.2) is 11.5 Å². The van der Waals surface area contributed by atoms with E-state index in [0.717, 1.165) is 6.07 Å². The summed E-state index contributed by atoms with van der Waals surface area (Å²) in [6.07, 6.45) is 0. The standard InChI is InChI=1S/C18H16BrFN2O5/c1-25-18(24)10-2-3-12(20)14(6-10)21-9-17(23)22-13-8-16-15(7-11(13)19)26-4-5-27-16/h2-3,6-8,21H,4-5,9H2,1H3,(H,22,23). The average molecular weight is 439 g/mol. The second-order valence-electron chi connectivity index (χ2n) is 5.56. The minimum atomic E-state index is -0.595. The molecule has 0 fully saturated rings. The topological polar surface area (TPSA) is 85.9 Å². The van der Waals surface area contributed by atoms with Crippen molar-refractivity contribution in [2.75, 3.05) is 37.5 Å². The molecule has 27 heavy (non-hydrogen) atoms. The van der Waals surface area contributed by atoms with Gasteiger partial charge < -0.3 is 24.8 Å². The van der Waals surface area contributed by atoms with Crippen molar-refractivity contribution in [1.29, 1.82) is 0 Å². The highest BCUT2D eigenvalue weighted by atomic mass is 79.9. The number of halogens is 2. The lowest BCUT2D eigenvalue weighted by atomic mass is 10.2. The van der Waals surface area contributed by atoms with Gasteiger partial charge in [-0.15, -0.1) is 0 Å². The molecule has 0 spiro atoms. The molecule has 7 nitrogen and oxygen atoms in total. The molecule has 142 valence electrons. The molecule has 1 amide bonds. The summed E-state index contributed by atoms with van der Waals surface area (Å²) in [4.78, 5) is 23.7. The normalized spacial score (nSPS) is 12.3. The number of esters is 1. The van der Waals surface area contributed by atoms with Crippen LogP contribution in [-0.2, 0) is 9.53 Å². The second kappa shape index (κ2) is 8.26. The molecule has 9 heteroatoms. The first-order valence-corrected chi connectivity index (χ1v) is 8.78. The smallest absolute Gasteiger partial charge is 0.337 e. The monoisotopic (exact) mass is 438 g/mol. The fourth-order valence-corrected chi connectivity index (χ4v) is 2.86. The Balaban J connectivity index is 1.66. The van der Waals surface area contributed by atoms with E-state index in [1.165, 1.54) is 19.2 Å². The summed E-state index contributed by atoms with van der Waals surface area (Å²) >= 11 is 3.36. The number of nitrogens with one attached hydrogen (secondary N) is 2. The predicted octanol–water partition coefficient (Wildman–Crippen LogP) is 3.20. The molecule has 0 unspecified atom stereocenters. The van der Waals surface area contributed by atoms with Gasteiger partial charge in [0.25, 0.3) is 0 Å². The average Bonchev–Trinajstić information content (AvgIpc) is 2.67. The molecule has 2 N–H and O–H groups in total. The van der Waals surface area contributed by atoms with E-state index in [4.69, 9.17) is 9.47 Å². The van der Waals surface area contributed by atoms with E-state index < -0.39 is 17.7 Å². The fourth-order valence-electron chi connectivity index (χ4n) is 2.44. The van der Waals surface area contributed by atoms with Gasteiger partial charge >= 0.3 is 5.97 Å². The molecule has 0 aromatic heterocycles. The maximum atomic E-state index is 13.9. The Morgan fingerprint density at radius 3 is 2.56 bits per heavy atom. The maximum Gasteiger partial charge on any atom is 0.337 e. The van der Waals surface area contributed by atoms with Gasteiger partial charge in [-0.25, -0.2) is 9.18 Å². The van der Waals surface area contributed by atoms with E-state index in [1.54, 1.807) is 12.1 Å². The molecule has 2 aromatic carbocycles. The minimum absolute atomic E-state index is 0.0225. The van der Waals surface area contributed by atoms with Crippen LogP contribution in [0.4, 0.5) is 15.8 Å². The number of ether oxygens (including phenoxy) is 3. The molecule has 3 rings (SSSR count). The van der Waals surface area contributed by atoms with Crippen LogP contribution in [-0.4, -0.2) is 38.7 Å². The van der Waals surface area contributed by atoms with Crippen LogP contribution in [0.5, 0.6) is 11.5 Å². The summed E-state index contributed by atoms with van der Waals surface area (Å²) in [6.45, 7) is 0.688. The van der Waals surface area contributed by atoms with Crippen LogP contribution in [0.15, 0.2) is 34.8 Å². The molecule has 1 heterocycles. The highest BCUT2D eigenvalue weighted by Gasteiger charge is 2.16. The summed E-state index contributed by atoms with van der Waals surface area (Å²) in [5.41, 5.74) is 0.695. The molecule has 1 aliphatic rings. The molecule has 0 atom stereocenters. The van der Waals surface area contributed by atoms with Crippen LogP contribution in [0, 0.1) is 5.82 Å². The first-order valence-electron chi connectivity index (χ1n) is 7.98. The van der Waals surface area contributed by atoms with Crippen molar-refractivity contribution in [3.05, 3.63) is 46.2 Å². The van der Waals surface area contributed by atoms with Gasteiger partial charge in [0.2, 0.25) is 5.91 Å². The zero-order valence-corrected chi connectivity index (χ0v) is 15.9. The third-order valence-corrected chi connectivity index (χ3v) is 4.39. The zero-order valence-electron chi connectivity index (χ0n) is 14.3. The summed E-state index contributed by atoms with van der Waals surface area (Å²) < 4.78 is 30.1.